The van der Waals surface area contributed by atoms with Crippen molar-refractivity contribution in [2.45, 2.75) is 59.1 Å². The van der Waals surface area contributed by atoms with Crippen molar-refractivity contribution in [3.8, 4) is 0 Å². The van der Waals surface area contributed by atoms with E-state index in [-0.39, 0.29) is 6.10 Å². The average molecular weight is 187 g/mol. The summed E-state index contributed by atoms with van der Waals surface area (Å²) >= 11 is 0. The summed E-state index contributed by atoms with van der Waals surface area (Å²) in [5, 5.41) is 13.1. The molecule has 0 amide bonds. The zero-order chi connectivity index (χ0) is 10.3. The van der Waals surface area contributed by atoms with Gasteiger partial charge in [0.1, 0.15) is 0 Å². The molecule has 0 saturated carbocycles. The number of hydrogen-bond acceptors (Lipinski definition) is 2. The Bertz CT molecular complexity index is 113. The van der Waals surface area contributed by atoms with Crippen LogP contribution in [0, 0.1) is 5.92 Å². The van der Waals surface area contributed by atoms with E-state index in [1.165, 1.54) is 0 Å². The lowest BCUT2D eigenvalue weighted by atomic mass is 10.0. The van der Waals surface area contributed by atoms with Crippen LogP contribution in [0.5, 0.6) is 0 Å². The Labute approximate surface area is 82.7 Å². The first kappa shape index (κ1) is 12.9. The second-order valence-corrected chi connectivity index (χ2v) is 3.87. The molecule has 2 unspecified atom stereocenters. The summed E-state index contributed by atoms with van der Waals surface area (Å²) in [6, 6.07) is 0.568. The van der Waals surface area contributed by atoms with Crippen LogP contribution in [-0.4, -0.2) is 23.8 Å². The zero-order valence-electron chi connectivity index (χ0n) is 9.51. The predicted molar refractivity (Wildman–Crippen MR) is 57.8 cm³/mol. The van der Waals surface area contributed by atoms with Crippen LogP contribution in [0.15, 0.2) is 0 Å². The monoisotopic (exact) mass is 187 g/mol. The van der Waals surface area contributed by atoms with Crippen LogP contribution in [0.1, 0.15) is 47.0 Å². The van der Waals surface area contributed by atoms with Crippen molar-refractivity contribution in [1.29, 1.82) is 0 Å². The molecule has 0 aromatic carbocycles. The van der Waals surface area contributed by atoms with Gasteiger partial charge in [0, 0.05) is 12.6 Å². The van der Waals surface area contributed by atoms with Crippen molar-refractivity contribution in [3.05, 3.63) is 0 Å². The van der Waals surface area contributed by atoms with E-state index in [1.54, 1.807) is 0 Å². The molecule has 13 heavy (non-hydrogen) atoms. The summed E-state index contributed by atoms with van der Waals surface area (Å²) in [7, 11) is 0. The maximum Gasteiger partial charge on any atom is 0.0690 e. The normalized spacial score (nSPS) is 16.2. The van der Waals surface area contributed by atoms with Gasteiger partial charge in [0.15, 0.2) is 0 Å². The molecule has 0 aliphatic heterocycles. The fraction of sp³-hybridized carbons (Fsp3) is 1.00. The first-order valence-electron chi connectivity index (χ1n) is 5.57. The van der Waals surface area contributed by atoms with Gasteiger partial charge in [-0.2, -0.15) is 0 Å². The lowest BCUT2D eigenvalue weighted by Crippen LogP contribution is -2.37. The van der Waals surface area contributed by atoms with Crippen LogP contribution in [0.2, 0.25) is 0 Å². The molecule has 0 aromatic heterocycles. The van der Waals surface area contributed by atoms with Crippen LogP contribution in [0.25, 0.3) is 0 Å². The average Bonchev–Trinajstić information content (AvgIpc) is 2.17. The van der Waals surface area contributed by atoms with Crippen molar-refractivity contribution >= 4 is 0 Å². The summed E-state index contributed by atoms with van der Waals surface area (Å²) in [5.41, 5.74) is 0. The molecule has 2 N–H and O–H groups in total. The predicted octanol–water partition coefficient (Wildman–Crippen LogP) is 2.17. The molecule has 0 aliphatic rings. The van der Waals surface area contributed by atoms with Crippen molar-refractivity contribution in [1.82, 2.24) is 5.32 Å². The fourth-order valence-electron chi connectivity index (χ4n) is 1.34. The molecule has 2 nitrogen and oxygen atoms in total. The van der Waals surface area contributed by atoms with Gasteiger partial charge in [-0.15, -0.1) is 0 Å². The second-order valence-electron chi connectivity index (χ2n) is 3.87. The quantitative estimate of drug-likeness (QED) is 0.640. The van der Waals surface area contributed by atoms with Crippen molar-refractivity contribution < 1.29 is 5.11 Å². The molecule has 80 valence electrons. The number of aliphatic hydroxyl groups excluding tert-OH is 1. The van der Waals surface area contributed by atoms with E-state index >= 15 is 0 Å². The van der Waals surface area contributed by atoms with Gasteiger partial charge in [0.05, 0.1) is 6.10 Å². The van der Waals surface area contributed by atoms with E-state index in [9.17, 15) is 5.11 Å². The Balaban J connectivity index is 3.61. The molecule has 0 aromatic rings. The molecule has 0 aliphatic carbocycles. The second kappa shape index (κ2) is 7.34. The highest BCUT2D eigenvalue weighted by atomic mass is 16.3. The SMILES string of the molecule is CCC(CC)NCC(O)C(C)CC. The third kappa shape index (κ3) is 5.27. The highest BCUT2D eigenvalue weighted by Crippen LogP contribution is 2.07. The van der Waals surface area contributed by atoms with Gasteiger partial charge < -0.3 is 10.4 Å². The van der Waals surface area contributed by atoms with E-state index in [0.29, 0.717) is 12.0 Å². The summed E-state index contributed by atoms with van der Waals surface area (Å²) in [6.45, 7) is 9.30. The van der Waals surface area contributed by atoms with E-state index < -0.39 is 0 Å². The highest BCUT2D eigenvalue weighted by molar-refractivity contribution is 4.69. The molecular weight excluding hydrogens is 162 g/mol. The summed E-state index contributed by atoms with van der Waals surface area (Å²) in [5.74, 6) is 0.405. The molecule has 0 fully saturated rings. The Morgan fingerprint density at radius 2 is 1.62 bits per heavy atom. The Hall–Kier alpha value is -0.0800. The third-order valence-corrected chi connectivity index (χ3v) is 2.90. The van der Waals surface area contributed by atoms with Crippen molar-refractivity contribution in [3.63, 3.8) is 0 Å². The van der Waals surface area contributed by atoms with Crippen LogP contribution < -0.4 is 5.32 Å². The lowest BCUT2D eigenvalue weighted by Gasteiger charge is -2.21. The maximum atomic E-state index is 9.70. The molecule has 0 radical (unpaired) electrons. The minimum atomic E-state index is -0.189. The first-order valence-corrected chi connectivity index (χ1v) is 5.57. The lowest BCUT2D eigenvalue weighted by molar-refractivity contribution is 0.109. The molecule has 2 heteroatoms. The topological polar surface area (TPSA) is 32.3 Å². The number of rotatable bonds is 7. The number of hydrogen-bond donors (Lipinski definition) is 2. The minimum absolute atomic E-state index is 0.189. The van der Waals surface area contributed by atoms with Crippen molar-refractivity contribution in [2.75, 3.05) is 6.54 Å². The Morgan fingerprint density at radius 3 is 2.00 bits per heavy atom. The molecule has 2 atom stereocenters. The van der Waals surface area contributed by atoms with E-state index in [1.807, 2.05) is 0 Å². The highest BCUT2D eigenvalue weighted by Gasteiger charge is 2.13. The fourth-order valence-corrected chi connectivity index (χ4v) is 1.34. The van der Waals surface area contributed by atoms with Crippen LogP contribution in [0.4, 0.5) is 0 Å². The van der Waals surface area contributed by atoms with E-state index in [4.69, 9.17) is 0 Å². The summed E-state index contributed by atoms with van der Waals surface area (Å²) < 4.78 is 0. The molecule has 0 saturated heterocycles. The van der Waals surface area contributed by atoms with Crippen LogP contribution in [-0.2, 0) is 0 Å². The van der Waals surface area contributed by atoms with Gasteiger partial charge in [-0.25, -0.2) is 0 Å². The van der Waals surface area contributed by atoms with E-state index in [2.05, 4.69) is 33.0 Å². The largest absolute Gasteiger partial charge is 0.392 e. The van der Waals surface area contributed by atoms with Crippen molar-refractivity contribution in [2.24, 2.45) is 5.92 Å². The first-order chi connectivity index (χ1) is 6.15. The van der Waals surface area contributed by atoms with E-state index in [0.717, 1.165) is 25.8 Å². The van der Waals surface area contributed by atoms with Crippen LogP contribution >= 0.6 is 0 Å². The number of aliphatic hydroxyl groups is 1. The maximum absolute atomic E-state index is 9.70. The van der Waals surface area contributed by atoms with Gasteiger partial charge in [0.25, 0.3) is 0 Å². The minimum Gasteiger partial charge on any atom is -0.392 e. The summed E-state index contributed by atoms with van der Waals surface area (Å²) in [6.07, 6.45) is 3.14. The molecular formula is C11H25NO. The Morgan fingerprint density at radius 1 is 1.08 bits per heavy atom. The molecule has 0 spiro atoms. The smallest absolute Gasteiger partial charge is 0.0690 e. The molecule has 0 rings (SSSR count). The van der Waals surface area contributed by atoms with Gasteiger partial charge in [-0.1, -0.05) is 34.1 Å². The van der Waals surface area contributed by atoms with Gasteiger partial charge in [0.2, 0.25) is 0 Å². The molecule has 0 bridgehead atoms. The Kier molecular flexibility index (Phi) is 7.29. The van der Waals surface area contributed by atoms with Gasteiger partial charge in [-0.05, 0) is 18.8 Å². The third-order valence-electron chi connectivity index (χ3n) is 2.90. The zero-order valence-corrected chi connectivity index (χ0v) is 9.51. The molecule has 0 heterocycles. The van der Waals surface area contributed by atoms with Gasteiger partial charge in [-0.3, -0.25) is 0 Å². The van der Waals surface area contributed by atoms with Gasteiger partial charge >= 0.3 is 0 Å². The number of nitrogens with one attached hydrogen (secondary N) is 1. The summed E-state index contributed by atoms with van der Waals surface area (Å²) in [4.78, 5) is 0. The standard InChI is InChI=1S/C11H25NO/c1-5-9(4)11(13)8-12-10(6-2)7-3/h9-13H,5-8H2,1-4H3. The van der Waals surface area contributed by atoms with Crippen LogP contribution in [0.3, 0.4) is 0 Å².